The van der Waals surface area contributed by atoms with Crippen LogP contribution in [0.1, 0.15) is 39.0 Å². The lowest BCUT2D eigenvalue weighted by molar-refractivity contribution is 0.181. The van der Waals surface area contributed by atoms with Crippen LogP contribution in [0.3, 0.4) is 0 Å². The molecule has 2 unspecified atom stereocenters. The molecule has 0 spiro atoms. The minimum Gasteiger partial charge on any atom is -0.381 e. The van der Waals surface area contributed by atoms with Crippen molar-refractivity contribution in [1.82, 2.24) is 5.32 Å². The van der Waals surface area contributed by atoms with Gasteiger partial charge in [-0.15, -0.1) is 0 Å². The van der Waals surface area contributed by atoms with Crippen molar-refractivity contribution in [3.8, 4) is 0 Å². The molecule has 0 aromatic heterocycles. The second kappa shape index (κ2) is 8.12. The molecule has 0 amide bonds. The van der Waals surface area contributed by atoms with E-state index in [1.807, 2.05) is 0 Å². The third-order valence-electron chi connectivity index (χ3n) is 3.39. The standard InChI is InChI=1S/C13H27NO3S/c1-3-7-14-13(5-4-9-18(2,15)16)10-12-6-8-17-11-12/h12-14H,3-11H2,1-2H3. The van der Waals surface area contributed by atoms with Crippen LogP contribution in [0, 0.1) is 5.92 Å². The first-order valence-electron chi connectivity index (χ1n) is 7.00. The van der Waals surface area contributed by atoms with E-state index in [4.69, 9.17) is 4.74 Å². The summed E-state index contributed by atoms with van der Waals surface area (Å²) in [7, 11) is -2.82. The van der Waals surface area contributed by atoms with Gasteiger partial charge in [0.15, 0.2) is 0 Å². The van der Waals surface area contributed by atoms with Crippen LogP contribution in [0.5, 0.6) is 0 Å². The Labute approximate surface area is 111 Å². The first-order chi connectivity index (χ1) is 8.51. The first-order valence-corrected chi connectivity index (χ1v) is 9.06. The SMILES string of the molecule is CCCNC(CCCS(C)(=O)=O)CC1CCOC1. The van der Waals surface area contributed by atoms with Gasteiger partial charge < -0.3 is 10.1 Å². The molecule has 1 aliphatic heterocycles. The Morgan fingerprint density at radius 2 is 2.22 bits per heavy atom. The summed E-state index contributed by atoms with van der Waals surface area (Å²) in [5, 5.41) is 3.53. The molecule has 1 saturated heterocycles. The van der Waals surface area contributed by atoms with E-state index in [2.05, 4.69) is 12.2 Å². The molecule has 108 valence electrons. The fourth-order valence-corrected chi connectivity index (χ4v) is 3.11. The van der Waals surface area contributed by atoms with Crippen LogP contribution in [0.25, 0.3) is 0 Å². The fourth-order valence-electron chi connectivity index (χ4n) is 2.42. The van der Waals surface area contributed by atoms with Crippen LogP contribution in [0.2, 0.25) is 0 Å². The molecular weight excluding hydrogens is 250 g/mol. The molecule has 1 heterocycles. The van der Waals surface area contributed by atoms with Crippen molar-refractivity contribution in [2.45, 2.75) is 45.1 Å². The summed E-state index contributed by atoms with van der Waals surface area (Å²) < 4.78 is 27.7. The zero-order chi connectivity index (χ0) is 13.4. The molecule has 0 bridgehead atoms. The van der Waals surface area contributed by atoms with Crippen LogP contribution in [-0.2, 0) is 14.6 Å². The van der Waals surface area contributed by atoms with E-state index in [0.717, 1.165) is 51.9 Å². The van der Waals surface area contributed by atoms with E-state index in [0.29, 0.717) is 17.7 Å². The molecule has 1 fully saturated rings. The van der Waals surface area contributed by atoms with Gasteiger partial charge >= 0.3 is 0 Å². The summed E-state index contributed by atoms with van der Waals surface area (Å²) in [6.07, 6.45) is 6.40. The maximum Gasteiger partial charge on any atom is 0.147 e. The van der Waals surface area contributed by atoms with Gasteiger partial charge in [-0.2, -0.15) is 0 Å². The summed E-state index contributed by atoms with van der Waals surface area (Å²) in [5.74, 6) is 0.955. The number of hydrogen-bond acceptors (Lipinski definition) is 4. The van der Waals surface area contributed by atoms with Gasteiger partial charge in [-0.05, 0) is 44.6 Å². The topological polar surface area (TPSA) is 55.4 Å². The lowest BCUT2D eigenvalue weighted by atomic mass is 9.96. The van der Waals surface area contributed by atoms with Gasteiger partial charge in [0.25, 0.3) is 0 Å². The molecular formula is C13H27NO3S. The van der Waals surface area contributed by atoms with Crippen molar-refractivity contribution >= 4 is 9.84 Å². The molecule has 1 N–H and O–H groups in total. The molecule has 1 aliphatic rings. The predicted octanol–water partition coefficient (Wildman–Crippen LogP) is 1.61. The van der Waals surface area contributed by atoms with Gasteiger partial charge in [-0.3, -0.25) is 0 Å². The third kappa shape index (κ3) is 7.34. The van der Waals surface area contributed by atoms with Gasteiger partial charge in [0, 0.05) is 31.3 Å². The first kappa shape index (κ1) is 15.9. The molecule has 0 radical (unpaired) electrons. The van der Waals surface area contributed by atoms with Crippen LogP contribution in [0.4, 0.5) is 0 Å². The zero-order valence-electron chi connectivity index (χ0n) is 11.7. The van der Waals surface area contributed by atoms with Crippen molar-refractivity contribution in [1.29, 1.82) is 0 Å². The Balaban J connectivity index is 2.29. The average molecular weight is 277 g/mol. The van der Waals surface area contributed by atoms with E-state index < -0.39 is 9.84 Å². The summed E-state index contributed by atoms with van der Waals surface area (Å²) in [4.78, 5) is 0. The third-order valence-corrected chi connectivity index (χ3v) is 4.42. The Hall–Kier alpha value is -0.130. The molecule has 0 saturated carbocycles. The highest BCUT2D eigenvalue weighted by molar-refractivity contribution is 7.90. The Morgan fingerprint density at radius 3 is 2.78 bits per heavy atom. The second-order valence-corrected chi connectivity index (χ2v) is 7.65. The number of hydrogen-bond donors (Lipinski definition) is 1. The predicted molar refractivity (Wildman–Crippen MR) is 74.6 cm³/mol. The molecule has 18 heavy (non-hydrogen) atoms. The molecule has 0 aliphatic carbocycles. The molecule has 1 rings (SSSR count). The molecule has 4 nitrogen and oxygen atoms in total. The fraction of sp³-hybridized carbons (Fsp3) is 1.00. The van der Waals surface area contributed by atoms with Crippen molar-refractivity contribution in [2.75, 3.05) is 31.8 Å². The van der Waals surface area contributed by atoms with Crippen molar-refractivity contribution in [3.63, 3.8) is 0 Å². The normalized spacial score (nSPS) is 22.2. The molecule has 2 atom stereocenters. The molecule has 0 aromatic carbocycles. The quantitative estimate of drug-likeness (QED) is 0.695. The molecule has 0 aromatic rings. The average Bonchev–Trinajstić information content (AvgIpc) is 2.76. The van der Waals surface area contributed by atoms with Crippen LogP contribution < -0.4 is 5.32 Å². The Kier molecular flexibility index (Phi) is 7.19. The summed E-state index contributed by atoms with van der Waals surface area (Å²) in [6, 6.07) is 0.443. The lowest BCUT2D eigenvalue weighted by Crippen LogP contribution is -2.32. The highest BCUT2D eigenvalue weighted by atomic mass is 32.2. The zero-order valence-corrected chi connectivity index (χ0v) is 12.5. The van der Waals surface area contributed by atoms with Crippen LogP contribution in [0.15, 0.2) is 0 Å². The van der Waals surface area contributed by atoms with E-state index in [-0.39, 0.29) is 0 Å². The van der Waals surface area contributed by atoms with Gasteiger partial charge in [-0.25, -0.2) is 8.42 Å². The second-order valence-electron chi connectivity index (χ2n) is 5.39. The Bertz CT molecular complexity index is 310. The number of sulfone groups is 1. The van der Waals surface area contributed by atoms with Crippen molar-refractivity contribution in [2.24, 2.45) is 5.92 Å². The van der Waals surface area contributed by atoms with Gasteiger partial charge in [0.05, 0.1) is 0 Å². The van der Waals surface area contributed by atoms with Crippen molar-refractivity contribution < 1.29 is 13.2 Å². The van der Waals surface area contributed by atoms with Gasteiger partial charge in [0.2, 0.25) is 0 Å². The summed E-state index contributed by atoms with van der Waals surface area (Å²) in [5.41, 5.74) is 0. The highest BCUT2D eigenvalue weighted by Gasteiger charge is 2.20. The van der Waals surface area contributed by atoms with Crippen molar-refractivity contribution in [3.05, 3.63) is 0 Å². The highest BCUT2D eigenvalue weighted by Crippen LogP contribution is 2.20. The largest absolute Gasteiger partial charge is 0.381 e. The maximum atomic E-state index is 11.1. The number of ether oxygens (including phenoxy) is 1. The van der Waals surface area contributed by atoms with Crippen LogP contribution in [-0.4, -0.2) is 46.2 Å². The van der Waals surface area contributed by atoms with Gasteiger partial charge in [-0.1, -0.05) is 6.92 Å². The molecule has 5 heteroatoms. The van der Waals surface area contributed by atoms with Gasteiger partial charge in [0.1, 0.15) is 9.84 Å². The minimum atomic E-state index is -2.82. The summed E-state index contributed by atoms with van der Waals surface area (Å²) in [6.45, 7) is 4.92. The smallest absolute Gasteiger partial charge is 0.147 e. The number of nitrogens with one attached hydrogen (secondary N) is 1. The lowest BCUT2D eigenvalue weighted by Gasteiger charge is -2.21. The van der Waals surface area contributed by atoms with Crippen LogP contribution >= 0.6 is 0 Å². The van der Waals surface area contributed by atoms with E-state index >= 15 is 0 Å². The summed E-state index contributed by atoms with van der Waals surface area (Å²) >= 11 is 0. The van der Waals surface area contributed by atoms with E-state index in [9.17, 15) is 8.42 Å². The monoisotopic (exact) mass is 277 g/mol. The number of rotatable bonds is 9. The van der Waals surface area contributed by atoms with E-state index in [1.54, 1.807) is 0 Å². The maximum absolute atomic E-state index is 11.1. The minimum absolute atomic E-state index is 0.304. The van der Waals surface area contributed by atoms with E-state index in [1.165, 1.54) is 6.26 Å². The Morgan fingerprint density at radius 1 is 1.44 bits per heavy atom.